The van der Waals surface area contributed by atoms with E-state index in [1.54, 1.807) is 6.08 Å². The second-order valence-electron chi connectivity index (χ2n) is 10.6. The number of benzene rings is 2. The SMILES string of the molecule is C=CCOCc1ccc(CCCCc2ccc(CCCC[C@H]3CC[C@H](CC=CC)CC3)cc2)cc1. The fourth-order valence-electron chi connectivity index (χ4n) is 5.44. The first-order valence-electron chi connectivity index (χ1n) is 14.2. The molecular formula is C34H48O. The summed E-state index contributed by atoms with van der Waals surface area (Å²) in [5, 5.41) is 0. The predicted molar refractivity (Wildman–Crippen MR) is 152 cm³/mol. The van der Waals surface area contributed by atoms with Crippen LogP contribution in [0.25, 0.3) is 0 Å². The molecule has 0 bridgehead atoms. The molecule has 0 heterocycles. The Balaban J connectivity index is 1.23. The fourth-order valence-corrected chi connectivity index (χ4v) is 5.44. The summed E-state index contributed by atoms with van der Waals surface area (Å²) < 4.78 is 5.51. The van der Waals surface area contributed by atoms with E-state index in [0.717, 1.165) is 18.3 Å². The lowest BCUT2D eigenvalue weighted by atomic mass is 9.78. The monoisotopic (exact) mass is 472 g/mol. The summed E-state index contributed by atoms with van der Waals surface area (Å²) in [6.45, 7) is 7.11. The van der Waals surface area contributed by atoms with E-state index in [9.17, 15) is 0 Å². The van der Waals surface area contributed by atoms with E-state index in [4.69, 9.17) is 4.74 Å². The molecule has 0 aliphatic heterocycles. The van der Waals surface area contributed by atoms with Crippen LogP contribution < -0.4 is 0 Å². The Bertz CT molecular complexity index is 837. The number of ether oxygens (including phenoxy) is 1. The van der Waals surface area contributed by atoms with Gasteiger partial charge in [-0.05, 0) is 98.8 Å². The zero-order chi connectivity index (χ0) is 24.6. The Kier molecular flexibility index (Phi) is 13.0. The molecule has 0 radical (unpaired) electrons. The molecular weight excluding hydrogens is 424 g/mol. The normalized spacial score (nSPS) is 18.2. The highest BCUT2D eigenvalue weighted by atomic mass is 16.5. The largest absolute Gasteiger partial charge is 0.373 e. The summed E-state index contributed by atoms with van der Waals surface area (Å²) in [6.07, 6.45) is 23.8. The lowest BCUT2D eigenvalue weighted by molar-refractivity contribution is 0.149. The van der Waals surface area contributed by atoms with Crippen molar-refractivity contribution in [2.75, 3.05) is 6.61 Å². The lowest BCUT2D eigenvalue weighted by Gasteiger charge is -2.27. The maximum absolute atomic E-state index is 5.51. The Morgan fingerprint density at radius 2 is 1.20 bits per heavy atom. The van der Waals surface area contributed by atoms with E-state index in [0.29, 0.717) is 13.2 Å². The van der Waals surface area contributed by atoms with Crippen molar-refractivity contribution in [1.82, 2.24) is 0 Å². The smallest absolute Gasteiger partial charge is 0.0721 e. The minimum atomic E-state index is 0.612. The number of hydrogen-bond acceptors (Lipinski definition) is 1. The molecule has 2 aromatic carbocycles. The van der Waals surface area contributed by atoms with Crippen molar-refractivity contribution in [3.05, 3.63) is 95.6 Å². The van der Waals surface area contributed by atoms with Gasteiger partial charge in [0.25, 0.3) is 0 Å². The fraction of sp³-hybridized carbons (Fsp3) is 0.529. The standard InChI is InChI=1S/C34H48O/c1-3-5-10-29-15-17-30(18-16-29)11-6-7-12-31-19-21-32(22-20-31)13-8-9-14-33-23-25-34(26-24-33)28-35-27-4-2/h3-5,19-26,29-30H,2,6-18,27-28H2,1H3/t29-,30-. The quantitative estimate of drug-likeness (QED) is 0.175. The second kappa shape index (κ2) is 16.5. The summed E-state index contributed by atoms with van der Waals surface area (Å²) in [4.78, 5) is 0. The van der Waals surface area contributed by atoms with Crippen molar-refractivity contribution in [2.45, 2.75) is 97.0 Å². The average molecular weight is 473 g/mol. The molecule has 35 heavy (non-hydrogen) atoms. The Morgan fingerprint density at radius 1 is 0.714 bits per heavy atom. The summed E-state index contributed by atoms with van der Waals surface area (Å²) in [6, 6.07) is 18.3. The van der Waals surface area contributed by atoms with Crippen LogP contribution in [0, 0.1) is 11.8 Å². The van der Waals surface area contributed by atoms with Crippen LogP contribution in [-0.4, -0.2) is 6.61 Å². The Labute approximate surface area is 215 Å². The molecule has 0 atom stereocenters. The summed E-state index contributed by atoms with van der Waals surface area (Å²) in [5.74, 6) is 1.95. The molecule has 1 heteroatoms. The molecule has 1 saturated carbocycles. The number of unbranched alkanes of at least 4 members (excludes halogenated alkanes) is 2. The molecule has 0 saturated heterocycles. The number of allylic oxidation sites excluding steroid dienone is 2. The van der Waals surface area contributed by atoms with Crippen LogP contribution in [-0.2, 0) is 30.6 Å². The van der Waals surface area contributed by atoms with Crippen LogP contribution in [0.3, 0.4) is 0 Å². The lowest BCUT2D eigenvalue weighted by Crippen LogP contribution is -2.14. The van der Waals surface area contributed by atoms with Gasteiger partial charge in [-0.15, -0.1) is 6.58 Å². The Hall–Kier alpha value is -2.12. The molecule has 2 aromatic rings. The topological polar surface area (TPSA) is 9.23 Å². The molecule has 190 valence electrons. The van der Waals surface area contributed by atoms with Crippen molar-refractivity contribution in [1.29, 1.82) is 0 Å². The highest BCUT2D eigenvalue weighted by Gasteiger charge is 2.19. The van der Waals surface area contributed by atoms with Gasteiger partial charge in [0.2, 0.25) is 0 Å². The van der Waals surface area contributed by atoms with E-state index >= 15 is 0 Å². The van der Waals surface area contributed by atoms with E-state index in [1.165, 1.54) is 99.3 Å². The van der Waals surface area contributed by atoms with Crippen LogP contribution in [0.4, 0.5) is 0 Å². The van der Waals surface area contributed by atoms with Gasteiger partial charge in [-0.3, -0.25) is 0 Å². The van der Waals surface area contributed by atoms with E-state index < -0.39 is 0 Å². The molecule has 1 aliphatic carbocycles. The number of aryl methyl sites for hydroxylation is 3. The summed E-state index contributed by atoms with van der Waals surface area (Å²) in [7, 11) is 0. The first-order chi connectivity index (χ1) is 17.3. The van der Waals surface area contributed by atoms with Gasteiger partial charge < -0.3 is 4.74 Å². The third kappa shape index (κ3) is 11.0. The maximum Gasteiger partial charge on any atom is 0.0721 e. The zero-order valence-corrected chi connectivity index (χ0v) is 22.2. The van der Waals surface area contributed by atoms with Crippen molar-refractivity contribution < 1.29 is 4.74 Å². The van der Waals surface area contributed by atoms with Gasteiger partial charge in [-0.25, -0.2) is 0 Å². The van der Waals surface area contributed by atoms with Gasteiger partial charge in [-0.1, -0.05) is 92.4 Å². The van der Waals surface area contributed by atoms with Crippen molar-refractivity contribution >= 4 is 0 Å². The molecule has 0 aromatic heterocycles. The zero-order valence-electron chi connectivity index (χ0n) is 22.2. The highest BCUT2D eigenvalue weighted by molar-refractivity contribution is 5.23. The molecule has 1 nitrogen and oxygen atoms in total. The van der Waals surface area contributed by atoms with Crippen LogP contribution in [0.1, 0.15) is 93.4 Å². The summed E-state index contributed by atoms with van der Waals surface area (Å²) >= 11 is 0. The van der Waals surface area contributed by atoms with Crippen molar-refractivity contribution in [2.24, 2.45) is 11.8 Å². The maximum atomic E-state index is 5.51. The van der Waals surface area contributed by atoms with Gasteiger partial charge in [0, 0.05) is 0 Å². The van der Waals surface area contributed by atoms with Crippen LogP contribution in [0.2, 0.25) is 0 Å². The second-order valence-corrected chi connectivity index (χ2v) is 10.6. The third-order valence-corrected chi connectivity index (χ3v) is 7.73. The summed E-state index contributed by atoms with van der Waals surface area (Å²) in [5.41, 5.74) is 5.66. The van der Waals surface area contributed by atoms with Gasteiger partial charge in [-0.2, -0.15) is 0 Å². The van der Waals surface area contributed by atoms with Crippen LogP contribution >= 0.6 is 0 Å². The highest BCUT2D eigenvalue weighted by Crippen LogP contribution is 2.33. The number of rotatable bonds is 16. The van der Waals surface area contributed by atoms with Gasteiger partial charge in [0.1, 0.15) is 0 Å². The van der Waals surface area contributed by atoms with Gasteiger partial charge in [0.15, 0.2) is 0 Å². The molecule has 3 rings (SSSR count). The number of hydrogen-bond donors (Lipinski definition) is 0. The molecule has 1 aliphatic rings. The van der Waals surface area contributed by atoms with Crippen LogP contribution in [0.5, 0.6) is 0 Å². The minimum Gasteiger partial charge on any atom is -0.373 e. The minimum absolute atomic E-state index is 0.612. The third-order valence-electron chi connectivity index (χ3n) is 7.73. The Morgan fingerprint density at radius 3 is 1.71 bits per heavy atom. The molecule has 0 unspecified atom stereocenters. The van der Waals surface area contributed by atoms with E-state index in [2.05, 4.69) is 74.2 Å². The predicted octanol–water partition coefficient (Wildman–Crippen LogP) is 9.44. The van der Waals surface area contributed by atoms with Gasteiger partial charge in [0.05, 0.1) is 13.2 Å². The van der Waals surface area contributed by atoms with Crippen molar-refractivity contribution in [3.8, 4) is 0 Å². The first kappa shape index (κ1) is 27.5. The molecule has 0 amide bonds. The van der Waals surface area contributed by atoms with Crippen molar-refractivity contribution in [3.63, 3.8) is 0 Å². The molecule has 0 spiro atoms. The van der Waals surface area contributed by atoms with Crippen LogP contribution in [0.15, 0.2) is 73.3 Å². The first-order valence-corrected chi connectivity index (χ1v) is 14.2. The molecule has 0 N–H and O–H groups in total. The van der Waals surface area contributed by atoms with E-state index in [1.807, 2.05) is 0 Å². The average Bonchev–Trinajstić information content (AvgIpc) is 2.90. The van der Waals surface area contributed by atoms with E-state index in [-0.39, 0.29) is 0 Å². The molecule has 1 fully saturated rings. The van der Waals surface area contributed by atoms with Gasteiger partial charge >= 0.3 is 0 Å².